The van der Waals surface area contributed by atoms with Crippen LogP contribution in [0.2, 0.25) is 0 Å². The van der Waals surface area contributed by atoms with Gasteiger partial charge in [0, 0.05) is 7.05 Å². The molecule has 0 aliphatic carbocycles. The van der Waals surface area contributed by atoms with Crippen LogP contribution in [0.25, 0.3) is 11.4 Å². The number of nitrogens with one attached hydrogen (secondary N) is 1. The molecule has 11 nitrogen and oxygen atoms in total. The summed E-state index contributed by atoms with van der Waals surface area (Å²) in [6, 6.07) is 9.71. The Labute approximate surface area is 187 Å². The number of anilines is 2. The maximum Gasteiger partial charge on any atom is 0.413 e. The molecule has 2 aromatic heterocycles. The number of aryl methyl sites for hydroxylation is 1. The second-order valence-corrected chi connectivity index (χ2v) is 8.40. The summed E-state index contributed by atoms with van der Waals surface area (Å²) in [4.78, 5) is 16.7. The van der Waals surface area contributed by atoms with Crippen LogP contribution >= 0.6 is 0 Å². The number of nitrogens with zero attached hydrogens (tertiary/aromatic N) is 6. The zero-order chi connectivity index (χ0) is 24.2. The van der Waals surface area contributed by atoms with Crippen molar-refractivity contribution in [1.82, 2.24) is 20.0 Å². The lowest BCUT2D eigenvalue weighted by Gasteiger charge is -2.29. The zero-order valence-electron chi connectivity index (χ0n) is 17.0. The molecule has 0 aliphatic rings. The van der Waals surface area contributed by atoms with Crippen molar-refractivity contribution in [3.63, 3.8) is 0 Å². The van der Waals surface area contributed by atoms with E-state index in [2.05, 4.69) is 20.0 Å². The van der Waals surface area contributed by atoms with E-state index in [1.54, 1.807) is 6.07 Å². The predicted molar refractivity (Wildman–Crippen MR) is 113 cm³/mol. The van der Waals surface area contributed by atoms with Crippen molar-refractivity contribution in [2.45, 2.75) is 12.5 Å². The van der Waals surface area contributed by atoms with E-state index in [-0.39, 0.29) is 28.5 Å². The number of hydrogen-bond donors (Lipinski definition) is 2. The molecular formula is C19H17F2N7O4S. The van der Waals surface area contributed by atoms with Crippen molar-refractivity contribution in [1.29, 1.82) is 5.26 Å². The molecule has 1 aromatic carbocycles. The summed E-state index contributed by atoms with van der Waals surface area (Å²) in [5.74, 6) is -1.01. The summed E-state index contributed by atoms with van der Waals surface area (Å²) in [7, 11) is -2.55. The summed E-state index contributed by atoms with van der Waals surface area (Å²) >= 11 is 0. The van der Waals surface area contributed by atoms with Gasteiger partial charge in [-0.3, -0.25) is 9.71 Å². The van der Waals surface area contributed by atoms with E-state index in [1.807, 2.05) is 0 Å². The van der Waals surface area contributed by atoms with Crippen LogP contribution in [0.3, 0.4) is 0 Å². The lowest BCUT2D eigenvalue weighted by Crippen LogP contribution is -2.39. The van der Waals surface area contributed by atoms with Gasteiger partial charge in [0.2, 0.25) is 10.0 Å². The summed E-state index contributed by atoms with van der Waals surface area (Å²) in [5, 5.41) is 26.0. The van der Waals surface area contributed by atoms with Gasteiger partial charge in [-0.2, -0.15) is 5.26 Å². The number of sulfonamides is 1. The molecule has 1 amide bonds. The number of amides is 1. The Bertz CT molecular complexity index is 1280. The number of rotatable bonds is 8. The average molecular weight is 477 g/mol. The maximum atomic E-state index is 14.1. The fourth-order valence-electron chi connectivity index (χ4n) is 3.08. The molecular weight excluding hydrogens is 460 g/mol. The molecule has 0 saturated carbocycles. The third kappa shape index (κ3) is 5.21. The van der Waals surface area contributed by atoms with Crippen LogP contribution in [-0.4, -0.2) is 51.8 Å². The van der Waals surface area contributed by atoms with Crippen molar-refractivity contribution < 1.29 is 27.1 Å². The van der Waals surface area contributed by atoms with Gasteiger partial charge in [-0.05, 0) is 17.7 Å². The molecule has 0 bridgehead atoms. The first kappa shape index (κ1) is 23.5. The fourth-order valence-corrected chi connectivity index (χ4v) is 3.80. The number of carbonyl (C=O) groups is 1. The number of halogens is 2. The Morgan fingerprint density at radius 3 is 2.52 bits per heavy atom. The highest BCUT2D eigenvalue weighted by Gasteiger charge is 2.38. The topological polar surface area (TPSA) is 154 Å². The Balaban J connectivity index is 2.05. The number of nitriles is 1. The van der Waals surface area contributed by atoms with Gasteiger partial charge in [-0.25, -0.2) is 31.6 Å². The molecule has 14 heteroatoms. The van der Waals surface area contributed by atoms with Gasteiger partial charge >= 0.3 is 6.09 Å². The first-order chi connectivity index (χ1) is 15.6. The number of alkyl halides is 2. The molecule has 0 aliphatic heterocycles. The van der Waals surface area contributed by atoms with Gasteiger partial charge in [0.1, 0.15) is 6.04 Å². The highest BCUT2D eigenvalue weighted by atomic mass is 32.2. The van der Waals surface area contributed by atoms with Gasteiger partial charge in [0.15, 0.2) is 17.3 Å². The van der Waals surface area contributed by atoms with Crippen LogP contribution in [0, 0.1) is 11.3 Å². The van der Waals surface area contributed by atoms with Gasteiger partial charge in [0.05, 0.1) is 23.6 Å². The Morgan fingerprint density at radius 2 is 1.97 bits per heavy atom. The van der Waals surface area contributed by atoms with Gasteiger partial charge in [0.25, 0.3) is 6.43 Å². The average Bonchev–Trinajstić information content (AvgIpc) is 3.13. The molecule has 2 heterocycles. The number of aromatic nitrogens is 4. The Kier molecular flexibility index (Phi) is 6.83. The molecule has 33 heavy (non-hydrogen) atoms. The lowest BCUT2D eigenvalue weighted by molar-refractivity contribution is 0.107. The fraction of sp³-hybridized carbons (Fsp3) is 0.211. The van der Waals surface area contributed by atoms with Crippen LogP contribution in [0.1, 0.15) is 11.6 Å². The quantitative estimate of drug-likeness (QED) is 0.502. The SMILES string of the molecule is Cn1nnc(-c2ccc(NS(=O)(=O)CC#N)cn2)c1N(C(=O)O)[C@@H](c1ccccc1)C(F)F. The minimum absolute atomic E-state index is 0.0456. The van der Waals surface area contributed by atoms with Crippen LogP contribution in [0.4, 0.5) is 25.1 Å². The number of pyridine rings is 1. The summed E-state index contributed by atoms with van der Waals surface area (Å²) in [6.07, 6.45) is -3.61. The van der Waals surface area contributed by atoms with E-state index in [4.69, 9.17) is 5.26 Å². The molecule has 1 atom stereocenters. The van der Waals surface area contributed by atoms with E-state index >= 15 is 0 Å². The highest BCUT2D eigenvalue weighted by Crippen LogP contribution is 2.36. The maximum absolute atomic E-state index is 14.1. The lowest BCUT2D eigenvalue weighted by atomic mass is 10.1. The normalized spacial score (nSPS) is 12.2. The number of hydrogen-bond acceptors (Lipinski definition) is 7. The second-order valence-electron chi connectivity index (χ2n) is 6.68. The Morgan fingerprint density at radius 1 is 1.27 bits per heavy atom. The largest absolute Gasteiger partial charge is 0.465 e. The van der Waals surface area contributed by atoms with Crippen molar-refractivity contribution in [2.24, 2.45) is 7.05 Å². The van der Waals surface area contributed by atoms with E-state index in [9.17, 15) is 27.1 Å². The van der Waals surface area contributed by atoms with Crippen molar-refractivity contribution >= 4 is 27.6 Å². The third-order valence-corrected chi connectivity index (χ3v) is 5.48. The van der Waals surface area contributed by atoms with Crippen LogP contribution in [-0.2, 0) is 17.1 Å². The zero-order valence-corrected chi connectivity index (χ0v) is 17.8. The van der Waals surface area contributed by atoms with Crippen molar-refractivity contribution in [3.05, 3.63) is 54.2 Å². The van der Waals surface area contributed by atoms with Crippen LogP contribution in [0.15, 0.2) is 48.7 Å². The Hall–Kier alpha value is -4.12. The summed E-state index contributed by atoms with van der Waals surface area (Å²) in [5.41, 5.74) is 0.0723. The molecule has 172 valence electrons. The standard InChI is InChI=1S/C19H17F2N7O4S/c1-27-18(28(19(29)30)16(17(20)21)12-5-3-2-4-6-12)15(24-26-27)14-8-7-13(11-23-14)25-33(31,32)10-9-22/h2-8,11,16-17,25H,10H2,1H3,(H,29,30)/t16-/m0/s1. The smallest absolute Gasteiger partial charge is 0.413 e. The number of benzene rings is 1. The summed E-state index contributed by atoms with van der Waals surface area (Å²) in [6.45, 7) is 0. The molecule has 0 saturated heterocycles. The first-order valence-electron chi connectivity index (χ1n) is 9.23. The molecule has 3 aromatic rings. The monoisotopic (exact) mass is 477 g/mol. The van der Waals surface area contributed by atoms with E-state index in [0.717, 1.165) is 10.9 Å². The second kappa shape index (κ2) is 9.57. The van der Waals surface area contributed by atoms with Crippen molar-refractivity contribution in [2.75, 3.05) is 15.4 Å². The van der Waals surface area contributed by atoms with Crippen molar-refractivity contribution in [3.8, 4) is 17.5 Å². The molecule has 0 fully saturated rings. The van der Waals surface area contributed by atoms with E-state index in [1.165, 1.54) is 49.5 Å². The molecule has 0 radical (unpaired) electrons. The number of carboxylic acid groups (broad SMARTS) is 1. The van der Waals surface area contributed by atoms with Gasteiger partial charge < -0.3 is 5.11 Å². The first-order valence-corrected chi connectivity index (χ1v) is 10.9. The summed E-state index contributed by atoms with van der Waals surface area (Å²) < 4.78 is 54.8. The predicted octanol–water partition coefficient (Wildman–Crippen LogP) is 2.63. The van der Waals surface area contributed by atoms with E-state index in [0.29, 0.717) is 4.90 Å². The molecule has 0 unspecified atom stereocenters. The molecule has 2 N–H and O–H groups in total. The third-order valence-electron chi connectivity index (χ3n) is 4.42. The van der Waals surface area contributed by atoms with E-state index < -0.39 is 34.3 Å². The minimum Gasteiger partial charge on any atom is -0.465 e. The highest BCUT2D eigenvalue weighted by molar-refractivity contribution is 7.92. The minimum atomic E-state index is -3.89. The van der Waals surface area contributed by atoms with Gasteiger partial charge in [-0.1, -0.05) is 35.5 Å². The van der Waals surface area contributed by atoms with Gasteiger partial charge in [-0.15, -0.1) is 5.10 Å². The van der Waals surface area contributed by atoms with Crippen LogP contribution < -0.4 is 9.62 Å². The molecule has 0 spiro atoms. The van der Waals surface area contributed by atoms with Crippen LogP contribution in [0.5, 0.6) is 0 Å². The molecule has 3 rings (SSSR count).